The quantitative estimate of drug-likeness (QED) is 0.245. The van der Waals surface area contributed by atoms with Crippen molar-refractivity contribution in [3.05, 3.63) is 41.5 Å². The largest absolute Gasteiger partial charge is 0.393 e. The van der Waals surface area contributed by atoms with Crippen LogP contribution in [-0.4, -0.2) is 37.4 Å². The number of fused-ring (bicyclic) bond motifs is 5. The molecule has 0 spiro atoms. The van der Waals surface area contributed by atoms with Gasteiger partial charge in [0.25, 0.3) is 10.1 Å². The number of aliphatic hydroxyl groups excluding tert-OH is 2. The van der Waals surface area contributed by atoms with E-state index in [1.807, 2.05) is 6.92 Å². The monoisotopic (exact) mass is 572 g/mol. The first-order valence-electron chi connectivity index (χ1n) is 15.9. The highest BCUT2D eigenvalue weighted by Gasteiger charge is 2.61. The second-order valence-corrected chi connectivity index (χ2v) is 16.2. The molecule has 0 heterocycles. The van der Waals surface area contributed by atoms with Gasteiger partial charge >= 0.3 is 0 Å². The van der Waals surface area contributed by atoms with Gasteiger partial charge < -0.3 is 10.2 Å². The minimum absolute atomic E-state index is 0.151. The van der Waals surface area contributed by atoms with Crippen LogP contribution in [0.3, 0.4) is 0 Å². The van der Waals surface area contributed by atoms with Gasteiger partial charge in [-0.15, -0.1) is 0 Å². The van der Waals surface area contributed by atoms with Gasteiger partial charge in [-0.05, 0) is 117 Å². The molecule has 6 heteroatoms. The average Bonchev–Trinajstić information content (AvgIpc) is 3.18. The second kappa shape index (κ2) is 11.5. The van der Waals surface area contributed by atoms with Crippen molar-refractivity contribution in [1.29, 1.82) is 0 Å². The SMILES string of the molecule is Cc1ccc(S(=O)(=O)OC[C@H](C)CCC[C@@H](C)[C@H]2[C@@H](O)C[C@H]3[C@@H]4CC=C5CC(O)CC[C@]5(C)[C@H]4CC[C@]23C)cc1. The van der Waals surface area contributed by atoms with Crippen molar-refractivity contribution < 1.29 is 22.8 Å². The fraction of sp³-hybridized carbons (Fsp3) is 0.765. The van der Waals surface area contributed by atoms with Crippen LogP contribution in [-0.2, 0) is 14.3 Å². The number of aliphatic hydroxyl groups is 2. The molecule has 0 aliphatic heterocycles. The normalized spacial score (nSPS) is 39.0. The van der Waals surface area contributed by atoms with Crippen LogP contribution >= 0.6 is 0 Å². The second-order valence-electron chi connectivity index (χ2n) is 14.6. The Morgan fingerprint density at radius 3 is 2.48 bits per heavy atom. The summed E-state index contributed by atoms with van der Waals surface area (Å²) in [6.07, 6.45) is 12.4. The standard InChI is InChI=1S/C34H52O5S/c1-22-9-12-27(13-10-22)40(37,38)39-21-23(2)7-6-8-24(3)32-31(36)20-30-28-14-11-25-19-26(35)15-17-33(25,4)29(28)16-18-34(30,32)5/h9-13,23-24,26,28-32,35-36H,6-8,14-21H2,1-5H3/t23-,24-,26?,28-,29+,30+,31+,32+,33+,34+/m1/s1. The third-order valence-corrected chi connectivity index (χ3v) is 13.3. The fourth-order valence-electron chi connectivity index (χ4n) is 9.75. The molecule has 0 amide bonds. The zero-order chi connectivity index (χ0) is 28.9. The topological polar surface area (TPSA) is 83.8 Å². The summed E-state index contributed by atoms with van der Waals surface area (Å²) in [4.78, 5) is 0.214. The predicted molar refractivity (Wildman–Crippen MR) is 159 cm³/mol. The molecule has 0 saturated heterocycles. The number of allylic oxidation sites excluding steroid dienone is 1. The van der Waals surface area contributed by atoms with Crippen LogP contribution in [0.5, 0.6) is 0 Å². The third kappa shape index (κ3) is 5.59. The van der Waals surface area contributed by atoms with Crippen molar-refractivity contribution in [1.82, 2.24) is 0 Å². The Labute approximate surface area is 242 Å². The summed E-state index contributed by atoms with van der Waals surface area (Å²) in [5.41, 5.74) is 2.92. The van der Waals surface area contributed by atoms with Crippen molar-refractivity contribution in [2.24, 2.45) is 46.3 Å². The zero-order valence-corrected chi connectivity index (χ0v) is 26.1. The number of aryl methyl sites for hydroxylation is 1. The molecule has 1 unspecified atom stereocenters. The highest BCUT2D eigenvalue weighted by atomic mass is 32.2. The summed E-state index contributed by atoms with van der Waals surface area (Å²) in [5.74, 6) is 2.78. The summed E-state index contributed by atoms with van der Waals surface area (Å²) >= 11 is 0. The molecule has 5 rings (SSSR count). The molecular weight excluding hydrogens is 520 g/mol. The van der Waals surface area contributed by atoms with E-state index in [-0.39, 0.29) is 40.5 Å². The lowest BCUT2D eigenvalue weighted by atomic mass is 9.47. The molecule has 3 saturated carbocycles. The molecule has 3 fully saturated rings. The summed E-state index contributed by atoms with van der Waals surface area (Å²) in [6, 6.07) is 6.79. The molecule has 1 aromatic rings. The first kappa shape index (κ1) is 30.3. The van der Waals surface area contributed by atoms with E-state index in [9.17, 15) is 18.6 Å². The maximum atomic E-state index is 12.6. The Kier molecular flexibility index (Phi) is 8.67. The summed E-state index contributed by atoms with van der Waals surface area (Å²) in [5, 5.41) is 21.7. The maximum Gasteiger partial charge on any atom is 0.296 e. The third-order valence-electron chi connectivity index (χ3n) is 12.0. The van der Waals surface area contributed by atoms with Crippen LogP contribution in [0, 0.1) is 53.3 Å². The molecule has 5 nitrogen and oxygen atoms in total. The maximum absolute atomic E-state index is 12.6. The summed E-state index contributed by atoms with van der Waals surface area (Å²) in [7, 11) is -3.73. The van der Waals surface area contributed by atoms with Crippen molar-refractivity contribution >= 4 is 10.1 Å². The van der Waals surface area contributed by atoms with Gasteiger partial charge in [-0.2, -0.15) is 8.42 Å². The molecule has 40 heavy (non-hydrogen) atoms. The lowest BCUT2D eigenvalue weighted by molar-refractivity contribution is -0.0620. The lowest BCUT2D eigenvalue weighted by Crippen LogP contribution is -2.51. The molecule has 2 N–H and O–H groups in total. The van der Waals surface area contributed by atoms with Gasteiger partial charge in [0.1, 0.15) is 0 Å². The highest BCUT2D eigenvalue weighted by molar-refractivity contribution is 7.86. The van der Waals surface area contributed by atoms with Crippen LogP contribution in [0.1, 0.15) is 97.5 Å². The Morgan fingerprint density at radius 1 is 1.02 bits per heavy atom. The average molecular weight is 573 g/mol. The Morgan fingerprint density at radius 2 is 1.75 bits per heavy atom. The molecule has 10 atom stereocenters. The smallest absolute Gasteiger partial charge is 0.296 e. The van der Waals surface area contributed by atoms with Gasteiger partial charge in [-0.25, -0.2) is 0 Å². The molecule has 4 aliphatic carbocycles. The van der Waals surface area contributed by atoms with Gasteiger partial charge in [0.2, 0.25) is 0 Å². The molecule has 0 radical (unpaired) electrons. The van der Waals surface area contributed by atoms with E-state index in [1.165, 1.54) is 18.4 Å². The molecule has 0 bridgehead atoms. The summed E-state index contributed by atoms with van der Waals surface area (Å²) < 4.78 is 30.5. The van der Waals surface area contributed by atoms with E-state index >= 15 is 0 Å². The van der Waals surface area contributed by atoms with Gasteiger partial charge in [0.15, 0.2) is 0 Å². The van der Waals surface area contributed by atoms with E-state index < -0.39 is 10.1 Å². The van der Waals surface area contributed by atoms with E-state index in [2.05, 4.69) is 33.8 Å². The van der Waals surface area contributed by atoms with E-state index in [0.29, 0.717) is 29.6 Å². The molecule has 0 aromatic heterocycles. The minimum Gasteiger partial charge on any atom is -0.393 e. The van der Waals surface area contributed by atoms with E-state index in [1.54, 1.807) is 24.3 Å². The van der Waals surface area contributed by atoms with Gasteiger partial charge in [-0.1, -0.05) is 69.9 Å². The molecule has 4 aliphatic rings. The molecule has 224 valence electrons. The van der Waals surface area contributed by atoms with Crippen LogP contribution in [0.2, 0.25) is 0 Å². The number of hydrogen-bond donors (Lipinski definition) is 2. The van der Waals surface area contributed by atoms with Crippen LogP contribution in [0.15, 0.2) is 40.8 Å². The Hall–Kier alpha value is -1.21. The number of rotatable bonds is 9. The van der Waals surface area contributed by atoms with Crippen LogP contribution < -0.4 is 0 Å². The Bertz CT molecular complexity index is 1180. The van der Waals surface area contributed by atoms with Gasteiger partial charge in [0.05, 0.1) is 23.7 Å². The molecule has 1 aromatic carbocycles. The Balaban J connectivity index is 1.16. The van der Waals surface area contributed by atoms with Gasteiger partial charge in [0, 0.05) is 0 Å². The predicted octanol–water partition coefficient (Wildman–Crippen LogP) is 7.05. The van der Waals surface area contributed by atoms with Gasteiger partial charge in [-0.3, -0.25) is 4.18 Å². The minimum atomic E-state index is -3.73. The molecular formula is C34H52O5S. The first-order chi connectivity index (χ1) is 18.8. The van der Waals surface area contributed by atoms with Crippen molar-refractivity contribution in [3.8, 4) is 0 Å². The first-order valence-corrected chi connectivity index (χ1v) is 17.3. The fourth-order valence-corrected chi connectivity index (χ4v) is 10.8. The lowest BCUT2D eigenvalue weighted by Gasteiger charge is -2.58. The van der Waals surface area contributed by atoms with Crippen molar-refractivity contribution in [3.63, 3.8) is 0 Å². The van der Waals surface area contributed by atoms with Crippen LogP contribution in [0.4, 0.5) is 0 Å². The van der Waals surface area contributed by atoms with Crippen molar-refractivity contribution in [2.45, 2.75) is 116 Å². The highest BCUT2D eigenvalue weighted by Crippen LogP contribution is 2.67. The zero-order valence-electron chi connectivity index (χ0n) is 25.3. The number of hydrogen-bond acceptors (Lipinski definition) is 5. The van der Waals surface area contributed by atoms with Crippen molar-refractivity contribution in [2.75, 3.05) is 6.61 Å². The summed E-state index contributed by atoms with van der Waals surface area (Å²) in [6.45, 7) is 11.5. The van der Waals surface area contributed by atoms with E-state index in [4.69, 9.17) is 4.18 Å². The van der Waals surface area contributed by atoms with Crippen LogP contribution in [0.25, 0.3) is 0 Å². The number of benzene rings is 1. The van der Waals surface area contributed by atoms with E-state index in [0.717, 1.165) is 56.9 Å².